The fourth-order valence-corrected chi connectivity index (χ4v) is 5.97. The van der Waals surface area contributed by atoms with Crippen LogP contribution >= 0.6 is 11.8 Å². The van der Waals surface area contributed by atoms with Crippen LogP contribution < -0.4 is 21.7 Å². The number of hydrogen-bond acceptors (Lipinski definition) is 8. The number of hydrogen-bond donors (Lipinski definition) is 4. The Labute approximate surface area is 267 Å². The molecule has 0 bridgehead atoms. The molecule has 45 heavy (non-hydrogen) atoms. The highest BCUT2D eigenvalue weighted by atomic mass is 32.2. The van der Waals surface area contributed by atoms with Gasteiger partial charge < -0.3 is 26.6 Å². The van der Waals surface area contributed by atoms with Crippen molar-refractivity contribution in [3.8, 4) is 0 Å². The number of likely N-dealkylation sites (N-methyl/N-ethyl adjacent to an activating group) is 1. The second kappa shape index (κ2) is 15.7. The minimum Gasteiger partial charge on any atom is -0.368 e. The summed E-state index contributed by atoms with van der Waals surface area (Å²) in [4.78, 5) is 55.6. The molecule has 3 aromatic rings. The highest BCUT2D eigenvalue weighted by Gasteiger charge is 2.44. The molecule has 2 aromatic carbocycles. The average Bonchev–Trinajstić information content (AvgIpc) is 3.70. The molecule has 0 aliphatic carbocycles. The fraction of sp³-hybridized carbons (Fsp3) is 0.438. The minimum absolute atomic E-state index is 0.173. The second-order valence-electron chi connectivity index (χ2n) is 11.6. The summed E-state index contributed by atoms with van der Waals surface area (Å²) in [6.45, 7) is 5.56. The number of carbonyl (C=O) groups excluding carboxylic acids is 4. The smallest absolute Gasteiger partial charge is 0.246 e. The predicted octanol–water partition coefficient (Wildman–Crippen LogP) is 1.67. The van der Waals surface area contributed by atoms with Gasteiger partial charge in [-0.2, -0.15) is 0 Å². The van der Waals surface area contributed by atoms with E-state index in [2.05, 4.69) is 26.3 Å². The first-order valence-corrected chi connectivity index (χ1v) is 16.1. The lowest BCUT2D eigenvalue weighted by molar-refractivity contribution is -0.143. The van der Waals surface area contributed by atoms with Gasteiger partial charge in [0.1, 0.15) is 18.1 Å². The van der Waals surface area contributed by atoms with Gasteiger partial charge >= 0.3 is 0 Å². The lowest BCUT2D eigenvalue weighted by Gasteiger charge is -2.31. The van der Waals surface area contributed by atoms with E-state index in [4.69, 9.17) is 5.73 Å². The third kappa shape index (κ3) is 8.92. The summed E-state index contributed by atoms with van der Waals surface area (Å²) in [5.41, 5.74) is 7.29. The van der Waals surface area contributed by atoms with E-state index in [1.54, 1.807) is 30.4 Å². The molecule has 1 fully saturated rings. The van der Waals surface area contributed by atoms with Crippen molar-refractivity contribution in [2.24, 2.45) is 11.7 Å². The van der Waals surface area contributed by atoms with Crippen molar-refractivity contribution in [1.82, 2.24) is 35.8 Å². The molecule has 1 aliphatic heterocycles. The van der Waals surface area contributed by atoms with Gasteiger partial charge in [0.2, 0.25) is 23.6 Å². The molecule has 5 N–H and O–H groups in total. The van der Waals surface area contributed by atoms with Gasteiger partial charge in [0.25, 0.3) is 0 Å². The van der Waals surface area contributed by atoms with Gasteiger partial charge in [-0.25, -0.2) is 4.68 Å². The number of nitrogens with one attached hydrogen (secondary N) is 3. The Hall–Kier alpha value is -4.23. The van der Waals surface area contributed by atoms with E-state index in [1.807, 2.05) is 80.7 Å². The molecule has 1 aliphatic rings. The monoisotopic (exact) mass is 634 g/mol. The number of primary amides is 1. The average molecular weight is 635 g/mol. The predicted molar refractivity (Wildman–Crippen MR) is 172 cm³/mol. The maximum Gasteiger partial charge on any atom is 0.246 e. The SMILES string of the molecule is CN[C@@H](C)C(=O)N[C@H](C(=O)N1C[C@H](n2cc(CSc3ccccc3)nn2)C[C@H]1C(=O)N[C@@H](Cc1ccccc1)C(N)=O)C(C)C. The summed E-state index contributed by atoms with van der Waals surface area (Å²) in [6.07, 6.45) is 2.29. The Bertz CT molecular complexity index is 1450. The van der Waals surface area contributed by atoms with Crippen molar-refractivity contribution in [3.05, 3.63) is 78.1 Å². The first-order valence-electron chi connectivity index (χ1n) is 15.1. The summed E-state index contributed by atoms with van der Waals surface area (Å²) in [5.74, 6) is -1.53. The minimum atomic E-state index is -0.971. The molecule has 4 rings (SSSR count). The Morgan fingerprint density at radius 1 is 1.00 bits per heavy atom. The summed E-state index contributed by atoms with van der Waals surface area (Å²) in [7, 11) is 1.66. The standard InChI is InChI=1S/C32H42N8O4S/c1-20(2)28(36-30(42)21(3)34-4)32(44)39-18-24(40-17-23(37-38-40)19-45-25-13-9-6-10-14-25)16-27(39)31(43)35-26(29(33)41)15-22-11-7-5-8-12-22/h5-14,17,20-21,24,26-28,34H,15-16,18-19H2,1-4H3,(H2,33,41)(H,35,43)(H,36,42)/t21-,24+,26-,27-,28-/m0/s1. The van der Waals surface area contributed by atoms with Crippen LogP contribution in [0.5, 0.6) is 0 Å². The molecule has 0 radical (unpaired) electrons. The molecule has 1 aromatic heterocycles. The van der Waals surface area contributed by atoms with E-state index >= 15 is 0 Å². The largest absolute Gasteiger partial charge is 0.368 e. The highest BCUT2D eigenvalue weighted by Crippen LogP contribution is 2.30. The molecule has 4 amide bonds. The van der Waals surface area contributed by atoms with Crippen LogP contribution in [0.25, 0.3) is 0 Å². The molecule has 13 heteroatoms. The number of nitrogens with zero attached hydrogens (tertiary/aromatic N) is 4. The van der Waals surface area contributed by atoms with Gasteiger partial charge in [0.05, 0.1) is 17.8 Å². The van der Waals surface area contributed by atoms with Crippen LogP contribution in [0, 0.1) is 5.92 Å². The third-order valence-corrected chi connectivity index (χ3v) is 8.97. The fourth-order valence-electron chi connectivity index (χ4n) is 5.17. The number of nitrogens with two attached hydrogens (primary N) is 1. The van der Waals surface area contributed by atoms with Crippen LogP contribution in [-0.2, 0) is 31.4 Å². The Morgan fingerprint density at radius 3 is 2.29 bits per heavy atom. The maximum atomic E-state index is 14.1. The molecular weight excluding hydrogens is 592 g/mol. The topological polar surface area (TPSA) is 164 Å². The van der Waals surface area contributed by atoms with Crippen molar-refractivity contribution < 1.29 is 19.2 Å². The molecule has 0 spiro atoms. The Kier molecular flexibility index (Phi) is 11.7. The Morgan fingerprint density at radius 2 is 1.67 bits per heavy atom. The zero-order chi connectivity index (χ0) is 32.5. The highest BCUT2D eigenvalue weighted by molar-refractivity contribution is 7.98. The second-order valence-corrected chi connectivity index (χ2v) is 12.6. The van der Waals surface area contributed by atoms with Crippen LogP contribution in [0.2, 0.25) is 0 Å². The van der Waals surface area contributed by atoms with Crippen molar-refractivity contribution in [1.29, 1.82) is 0 Å². The molecule has 12 nitrogen and oxygen atoms in total. The van der Waals surface area contributed by atoms with Crippen LogP contribution in [0.15, 0.2) is 71.8 Å². The first-order chi connectivity index (χ1) is 21.6. The van der Waals surface area contributed by atoms with E-state index in [0.29, 0.717) is 5.75 Å². The van der Waals surface area contributed by atoms with Gasteiger partial charge in [-0.1, -0.05) is 67.6 Å². The van der Waals surface area contributed by atoms with Crippen LogP contribution in [0.3, 0.4) is 0 Å². The van der Waals surface area contributed by atoms with E-state index in [-0.39, 0.29) is 43.2 Å². The summed E-state index contributed by atoms with van der Waals surface area (Å²) >= 11 is 1.63. The van der Waals surface area contributed by atoms with Crippen molar-refractivity contribution in [3.63, 3.8) is 0 Å². The van der Waals surface area contributed by atoms with E-state index in [1.165, 1.54) is 4.90 Å². The molecular formula is C32H42N8O4S. The quantitative estimate of drug-likeness (QED) is 0.195. The number of carbonyl (C=O) groups is 4. The van der Waals surface area contributed by atoms with Crippen LogP contribution in [0.4, 0.5) is 0 Å². The van der Waals surface area contributed by atoms with Crippen molar-refractivity contribution >= 4 is 35.4 Å². The lowest BCUT2D eigenvalue weighted by atomic mass is 10.0. The lowest BCUT2D eigenvalue weighted by Crippen LogP contribution is -2.58. The number of benzene rings is 2. The molecule has 240 valence electrons. The summed E-state index contributed by atoms with van der Waals surface area (Å²) < 4.78 is 1.69. The number of thioether (sulfide) groups is 1. The zero-order valence-electron chi connectivity index (χ0n) is 26.1. The van der Waals surface area contributed by atoms with Crippen LogP contribution in [0.1, 0.15) is 44.5 Å². The molecule has 5 atom stereocenters. The van der Waals surface area contributed by atoms with Crippen LogP contribution in [-0.4, -0.2) is 81.3 Å². The summed E-state index contributed by atoms with van der Waals surface area (Å²) in [5, 5.41) is 17.2. The molecule has 1 saturated heterocycles. The maximum absolute atomic E-state index is 14.1. The zero-order valence-corrected chi connectivity index (χ0v) is 26.9. The van der Waals surface area contributed by atoms with Gasteiger partial charge in [-0.05, 0) is 37.6 Å². The van der Waals surface area contributed by atoms with E-state index in [0.717, 1.165) is 16.2 Å². The number of aromatic nitrogens is 3. The van der Waals surface area contributed by atoms with Gasteiger partial charge in [-0.3, -0.25) is 19.2 Å². The van der Waals surface area contributed by atoms with E-state index < -0.39 is 36.0 Å². The normalized spacial score (nSPS) is 18.3. The third-order valence-electron chi connectivity index (χ3n) is 7.93. The van der Waals surface area contributed by atoms with Gasteiger partial charge in [0, 0.05) is 36.2 Å². The molecule has 2 heterocycles. The van der Waals surface area contributed by atoms with Crippen molar-refractivity contribution in [2.45, 2.75) is 74.5 Å². The molecule has 0 saturated carbocycles. The van der Waals surface area contributed by atoms with Crippen molar-refractivity contribution in [2.75, 3.05) is 13.6 Å². The number of rotatable bonds is 14. The van der Waals surface area contributed by atoms with Gasteiger partial charge in [0.15, 0.2) is 0 Å². The van der Waals surface area contributed by atoms with E-state index in [9.17, 15) is 19.2 Å². The number of amides is 4. The first kappa shape index (κ1) is 33.7. The van der Waals surface area contributed by atoms with Gasteiger partial charge in [-0.15, -0.1) is 16.9 Å². The summed E-state index contributed by atoms with van der Waals surface area (Å²) in [6, 6.07) is 15.6. The Balaban J connectivity index is 1.56. The molecule has 0 unspecified atom stereocenters. The number of likely N-dealkylation sites (tertiary alicyclic amines) is 1.